The molecule has 472 valence electrons. The van der Waals surface area contributed by atoms with E-state index in [1.54, 1.807) is 60.7 Å². The van der Waals surface area contributed by atoms with Crippen LogP contribution in [0, 0.1) is 0 Å². The summed E-state index contributed by atoms with van der Waals surface area (Å²) in [6.45, 7) is 56.5. The lowest BCUT2D eigenvalue weighted by molar-refractivity contribution is -0.140. The molecule has 0 saturated carbocycles. The van der Waals surface area contributed by atoms with E-state index in [-0.39, 0.29) is 26.4 Å². The third-order valence-corrected chi connectivity index (χ3v) is 53.1. The van der Waals surface area contributed by atoms with Gasteiger partial charge in [0.05, 0.1) is 13.2 Å². The number of ketones is 2. The van der Waals surface area contributed by atoms with Gasteiger partial charge in [-0.3, -0.25) is 9.59 Å². The Bertz CT molecular complexity index is 2190. The summed E-state index contributed by atoms with van der Waals surface area (Å²) in [4.78, 5) is 48.3. The highest BCUT2D eigenvalue weighted by Gasteiger charge is 2.50. The van der Waals surface area contributed by atoms with Crippen molar-refractivity contribution in [3.05, 3.63) is 71.8 Å². The Morgan fingerprint density at radius 2 is 0.524 bits per heavy atom. The Kier molecular flexibility index (Phi) is 31.6. The molecule has 82 heavy (non-hydrogen) atoms. The van der Waals surface area contributed by atoms with Gasteiger partial charge in [0.25, 0.3) is 11.6 Å². The van der Waals surface area contributed by atoms with Gasteiger partial charge in [0, 0.05) is 24.3 Å². The van der Waals surface area contributed by atoms with Crippen LogP contribution in [0.15, 0.2) is 60.7 Å². The fraction of sp³-hybridized carbons (Fsp3) is 0.692. The molecule has 2 rings (SSSR count). The van der Waals surface area contributed by atoms with Gasteiger partial charge >= 0.3 is 80.4 Å². The van der Waals surface area contributed by atoms with Crippen LogP contribution in [0.1, 0.15) is 33.6 Å². The highest BCUT2D eigenvalue weighted by Crippen LogP contribution is 2.32. The van der Waals surface area contributed by atoms with Crippen LogP contribution in [0.5, 0.6) is 0 Å². The highest BCUT2D eigenvalue weighted by molar-refractivity contribution is 6.93. The summed E-state index contributed by atoms with van der Waals surface area (Å²) in [5.74, 6) is -3.09. The van der Waals surface area contributed by atoms with Gasteiger partial charge in [0.15, 0.2) is 33.3 Å². The van der Waals surface area contributed by atoms with Gasteiger partial charge in [-0.25, -0.2) is 9.59 Å². The molecule has 0 fully saturated rings. The minimum atomic E-state index is -2.86. The van der Waals surface area contributed by atoms with Crippen molar-refractivity contribution >= 4 is 125 Å². The van der Waals surface area contributed by atoms with Gasteiger partial charge in [-0.15, -0.1) is 0 Å². The molecule has 0 saturated heterocycles. The second-order valence-corrected chi connectivity index (χ2v) is 74.6. The van der Waals surface area contributed by atoms with E-state index >= 15 is 0 Å². The van der Waals surface area contributed by atoms with E-state index in [9.17, 15) is 19.2 Å². The van der Waals surface area contributed by atoms with Crippen LogP contribution in [0.4, 0.5) is 0 Å². The Hall–Kier alpha value is -1.16. The first-order valence-corrected chi connectivity index (χ1v) is 64.1. The van der Waals surface area contributed by atoms with Gasteiger partial charge in [-0.2, -0.15) is 0 Å². The fourth-order valence-corrected chi connectivity index (χ4v) is 67.0. The predicted octanol–water partition coefficient (Wildman–Crippen LogP) is 13.5. The monoisotopic (exact) mass is 1360 g/mol. The quantitative estimate of drug-likeness (QED) is 0.0202. The molecule has 0 bridgehead atoms. The zero-order valence-corrected chi connectivity index (χ0v) is 67.2. The minimum Gasteiger partial charge on any atom is -0.457 e. The first-order chi connectivity index (χ1) is 36.9. The second-order valence-electron chi connectivity index (χ2n) is 27.2. The van der Waals surface area contributed by atoms with E-state index in [0.29, 0.717) is 36.8 Å². The average molecular weight is 1360 g/mol. The van der Waals surface area contributed by atoms with Gasteiger partial charge < -0.3 is 60.1 Å². The minimum absolute atomic E-state index is 0.00568. The lowest BCUT2D eigenvalue weighted by Gasteiger charge is -2.44. The van der Waals surface area contributed by atoms with Gasteiger partial charge in [0.1, 0.15) is 13.2 Å². The van der Waals surface area contributed by atoms with Crippen molar-refractivity contribution in [2.24, 2.45) is 0 Å². The molecule has 18 nitrogen and oxygen atoms in total. The molecule has 0 aromatic heterocycles. The summed E-state index contributed by atoms with van der Waals surface area (Å²) in [5, 5.41) is 0. The Labute approximate surface area is 507 Å². The zero-order valence-electron chi connectivity index (χ0n) is 55.2. The molecule has 0 unspecified atom stereocenters. The number of carbonyl (C=O) groups excluding carboxylic acids is 4. The number of Topliss-reactive ketones (excluding diaryl/α,β-unsaturated/α-hetero) is 2. The first-order valence-electron chi connectivity index (χ1n) is 28.6. The molecule has 0 radical (unpaired) electrons. The molecule has 0 heterocycles. The van der Waals surface area contributed by atoms with Crippen molar-refractivity contribution in [2.75, 3.05) is 39.6 Å². The maximum absolute atomic E-state index is 12.2. The third-order valence-electron chi connectivity index (χ3n) is 10.2. The standard InChI is InChI=1S/C28H60O10Si7.C24H48O8Si5/c1-39(2,3)33-41(7,8)35-43(11,12)37-45(15,38-44(13,14)36-42(9,10)34-40(4,5)6)25-19-22-31-23-24-32-28(30)27(29)26-20-17-16-18-21-26;1-33(2,3)29-35(7,8)31-37(11,32-36(9,10)30-34(4,5)6)21-15-18-27-19-20-28-24(26)23(25)22-16-13-12-14-17-22/h16-18,20-21H,19,22-25H2,1-15H3;12-14,16-17H,15,18-21H2,1-11H3. The molecular formula is C52H108O18Si12. The molecule has 0 aliphatic heterocycles. The topological polar surface area (TPSA) is 197 Å². The number of benzene rings is 2. The number of hydrogen-bond donors (Lipinski definition) is 0. The van der Waals surface area contributed by atoms with Crippen molar-refractivity contribution in [2.45, 2.75) is 195 Å². The molecule has 0 atom stereocenters. The summed E-state index contributed by atoms with van der Waals surface area (Å²) in [6, 6.07) is 18.1. The van der Waals surface area contributed by atoms with Crippen molar-refractivity contribution in [1.82, 2.24) is 0 Å². The molecular weight excluding hydrogens is 1250 g/mol. The predicted molar refractivity (Wildman–Crippen MR) is 356 cm³/mol. The molecule has 0 aliphatic carbocycles. The van der Waals surface area contributed by atoms with Crippen LogP contribution in [-0.2, 0) is 69.7 Å². The van der Waals surface area contributed by atoms with Crippen LogP contribution in [0.2, 0.25) is 182 Å². The number of hydrogen-bond acceptors (Lipinski definition) is 18. The van der Waals surface area contributed by atoms with Crippen LogP contribution in [-0.4, -0.2) is 165 Å². The maximum atomic E-state index is 12.2. The molecule has 0 amide bonds. The third kappa shape index (κ3) is 37.5. The zero-order chi connectivity index (χ0) is 63.5. The maximum Gasteiger partial charge on any atom is 0.379 e. The molecule has 2 aromatic rings. The van der Waals surface area contributed by atoms with Crippen molar-refractivity contribution in [3.8, 4) is 0 Å². The van der Waals surface area contributed by atoms with Gasteiger partial charge in [0.2, 0.25) is 0 Å². The van der Waals surface area contributed by atoms with Crippen LogP contribution in [0.3, 0.4) is 0 Å². The molecule has 0 aliphatic rings. The number of rotatable bonds is 38. The van der Waals surface area contributed by atoms with Gasteiger partial charge in [-0.05, 0) is 195 Å². The lowest BCUT2D eigenvalue weighted by Crippen LogP contribution is -2.61. The smallest absolute Gasteiger partial charge is 0.379 e. The summed E-state index contributed by atoms with van der Waals surface area (Å²) in [7, 11) is -27.8. The highest BCUT2D eigenvalue weighted by atomic mass is 28.5. The van der Waals surface area contributed by atoms with E-state index < -0.39 is 125 Å². The number of ether oxygens (including phenoxy) is 4. The SMILES string of the molecule is C[Si](C)(C)O[Si](C)(C)O[Si](C)(C)O[Si](C)(CCCOCCOC(=O)C(=O)c1ccccc1)O[Si](C)(C)O[Si](C)(C)O[Si](C)(C)C.C[Si](C)(C)O[Si](C)(C)O[Si](C)(CCCOCCOC(=O)C(=O)c1ccccc1)O[Si](C)(C)O[Si](C)(C)C. The average Bonchev–Trinajstić information content (AvgIpc) is 3.23. The van der Waals surface area contributed by atoms with Crippen molar-refractivity contribution in [1.29, 1.82) is 0 Å². The number of carbonyl (C=O) groups is 4. The van der Waals surface area contributed by atoms with E-state index in [1.807, 2.05) is 0 Å². The molecule has 2 aromatic carbocycles. The summed E-state index contributed by atoms with van der Waals surface area (Å²) < 4.78 is 88.2. The Balaban J connectivity index is 0.000000836. The van der Waals surface area contributed by atoms with Crippen LogP contribution in [0.25, 0.3) is 0 Å². The number of esters is 2. The van der Waals surface area contributed by atoms with E-state index in [4.69, 9.17) is 60.1 Å². The molecule has 0 N–H and O–H groups in total. The van der Waals surface area contributed by atoms with Crippen LogP contribution < -0.4 is 0 Å². The van der Waals surface area contributed by atoms with E-state index in [0.717, 1.165) is 12.5 Å². The first kappa shape index (κ1) is 78.9. The van der Waals surface area contributed by atoms with Crippen LogP contribution >= 0.6 is 0 Å². The van der Waals surface area contributed by atoms with E-state index in [2.05, 4.69) is 170 Å². The second kappa shape index (κ2) is 32.9. The lowest BCUT2D eigenvalue weighted by atomic mass is 10.1. The summed E-state index contributed by atoms with van der Waals surface area (Å²) in [6.07, 6.45) is 1.40. The Morgan fingerprint density at radius 1 is 0.293 bits per heavy atom. The fourth-order valence-electron chi connectivity index (χ4n) is 9.71. The largest absolute Gasteiger partial charge is 0.457 e. The molecule has 0 spiro atoms. The van der Waals surface area contributed by atoms with Gasteiger partial charge in [-0.1, -0.05) is 60.7 Å². The normalized spacial score (nSPS) is 13.8. The van der Waals surface area contributed by atoms with E-state index in [1.165, 1.54) is 0 Å². The van der Waals surface area contributed by atoms with Crippen molar-refractivity contribution in [3.63, 3.8) is 0 Å². The molecule has 30 heteroatoms. The van der Waals surface area contributed by atoms with Crippen molar-refractivity contribution < 1.29 is 79.3 Å². The Morgan fingerprint density at radius 3 is 0.768 bits per heavy atom. The summed E-state index contributed by atoms with van der Waals surface area (Å²) >= 11 is 0. The summed E-state index contributed by atoms with van der Waals surface area (Å²) in [5.41, 5.74) is 0.613.